The van der Waals surface area contributed by atoms with Crippen LogP contribution in [-0.4, -0.2) is 21.6 Å². The first-order valence-electron chi connectivity index (χ1n) is 7.67. The summed E-state index contributed by atoms with van der Waals surface area (Å²) >= 11 is 1.34. The Kier molecular flexibility index (Phi) is 5.29. The van der Waals surface area contributed by atoms with E-state index in [2.05, 4.69) is 4.98 Å². The summed E-state index contributed by atoms with van der Waals surface area (Å²) in [5.74, 6) is -3.99. The second-order valence-corrected chi connectivity index (χ2v) is 6.40. The molecular weight excluding hydrogens is 358 g/mol. The standard InChI is InChI=1S/C19H14F2N2O2S/c20-13-3-4-14(15(21)8-13)19(25)16(17(22)12-5-7-26-10-12)18(24)11-2-1-6-23-9-11/h1-10,16,18,22,24H. The van der Waals surface area contributed by atoms with E-state index in [1.165, 1.54) is 23.7 Å². The Morgan fingerprint density at radius 2 is 2.04 bits per heavy atom. The molecule has 0 aliphatic carbocycles. The minimum atomic E-state index is -1.40. The van der Waals surface area contributed by atoms with Gasteiger partial charge in [0.15, 0.2) is 5.78 Å². The number of hydrogen-bond donors (Lipinski definition) is 2. The number of nitrogens with zero attached hydrogens (tertiary/aromatic N) is 1. The van der Waals surface area contributed by atoms with E-state index in [4.69, 9.17) is 5.41 Å². The molecule has 132 valence electrons. The van der Waals surface area contributed by atoms with Gasteiger partial charge in [-0.25, -0.2) is 8.78 Å². The summed E-state index contributed by atoms with van der Waals surface area (Å²) in [5, 5.41) is 22.5. The molecule has 4 nitrogen and oxygen atoms in total. The predicted octanol–water partition coefficient (Wildman–Crippen LogP) is 4.02. The van der Waals surface area contributed by atoms with Crippen molar-refractivity contribution in [3.8, 4) is 0 Å². The largest absolute Gasteiger partial charge is 0.387 e. The van der Waals surface area contributed by atoms with Crippen LogP contribution in [0.5, 0.6) is 0 Å². The Labute approximate surface area is 152 Å². The van der Waals surface area contributed by atoms with Gasteiger partial charge >= 0.3 is 0 Å². The van der Waals surface area contributed by atoms with Gasteiger partial charge in [0.25, 0.3) is 0 Å². The Balaban J connectivity index is 2.05. The number of hydrogen-bond acceptors (Lipinski definition) is 5. The smallest absolute Gasteiger partial charge is 0.177 e. The van der Waals surface area contributed by atoms with Crippen LogP contribution in [0.4, 0.5) is 8.78 Å². The summed E-state index contributed by atoms with van der Waals surface area (Å²) in [4.78, 5) is 16.9. The molecule has 0 saturated carbocycles. The van der Waals surface area contributed by atoms with Crippen molar-refractivity contribution in [3.05, 3.63) is 87.9 Å². The number of thiophene rings is 1. The fraction of sp³-hybridized carbons (Fsp3) is 0.105. The zero-order valence-electron chi connectivity index (χ0n) is 13.4. The Morgan fingerprint density at radius 1 is 1.23 bits per heavy atom. The van der Waals surface area contributed by atoms with E-state index < -0.39 is 29.4 Å². The number of benzene rings is 1. The number of Topliss-reactive ketones (excluding diaryl/α,β-unsaturated/α-hetero) is 1. The average Bonchev–Trinajstić information content (AvgIpc) is 3.17. The normalized spacial score (nSPS) is 13.2. The highest BCUT2D eigenvalue weighted by atomic mass is 32.1. The molecule has 0 aliphatic rings. The van der Waals surface area contributed by atoms with Gasteiger partial charge in [-0.2, -0.15) is 11.3 Å². The maximum Gasteiger partial charge on any atom is 0.177 e. The summed E-state index contributed by atoms with van der Waals surface area (Å²) in [6.07, 6.45) is 1.50. The third-order valence-corrected chi connectivity index (χ3v) is 4.65. The van der Waals surface area contributed by atoms with Crippen LogP contribution in [-0.2, 0) is 0 Å². The van der Waals surface area contributed by atoms with Gasteiger partial charge in [0, 0.05) is 24.0 Å². The molecular formula is C19H14F2N2O2S. The van der Waals surface area contributed by atoms with Gasteiger partial charge in [0.2, 0.25) is 0 Å². The summed E-state index contributed by atoms with van der Waals surface area (Å²) in [7, 11) is 0. The zero-order valence-corrected chi connectivity index (χ0v) is 14.2. The summed E-state index contributed by atoms with van der Waals surface area (Å²) in [6.45, 7) is 0. The highest BCUT2D eigenvalue weighted by molar-refractivity contribution is 7.08. The van der Waals surface area contributed by atoms with Crippen molar-refractivity contribution in [2.24, 2.45) is 5.92 Å². The van der Waals surface area contributed by atoms with E-state index in [1.54, 1.807) is 29.0 Å². The molecule has 0 radical (unpaired) electrons. The van der Waals surface area contributed by atoms with Crippen molar-refractivity contribution in [2.45, 2.75) is 6.10 Å². The van der Waals surface area contributed by atoms with Crippen LogP contribution in [0.25, 0.3) is 0 Å². The highest BCUT2D eigenvalue weighted by Gasteiger charge is 2.35. The molecule has 0 saturated heterocycles. The second-order valence-electron chi connectivity index (χ2n) is 5.62. The van der Waals surface area contributed by atoms with Crippen LogP contribution in [0.2, 0.25) is 0 Å². The highest BCUT2D eigenvalue weighted by Crippen LogP contribution is 2.29. The molecule has 2 aromatic heterocycles. The number of aliphatic hydroxyl groups excluding tert-OH is 1. The Bertz CT molecular complexity index is 930. The van der Waals surface area contributed by atoms with E-state index in [0.29, 0.717) is 17.2 Å². The lowest BCUT2D eigenvalue weighted by Gasteiger charge is -2.23. The van der Waals surface area contributed by atoms with E-state index in [0.717, 1.165) is 12.1 Å². The minimum Gasteiger partial charge on any atom is -0.387 e. The first-order chi connectivity index (χ1) is 12.5. The number of carbonyl (C=O) groups excluding carboxylic acids is 1. The third-order valence-electron chi connectivity index (χ3n) is 3.96. The minimum absolute atomic E-state index is 0.142. The van der Waals surface area contributed by atoms with Crippen LogP contribution in [0.1, 0.15) is 27.6 Å². The molecule has 2 atom stereocenters. The van der Waals surface area contributed by atoms with E-state index in [1.807, 2.05) is 0 Å². The number of aromatic nitrogens is 1. The summed E-state index contributed by atoms with van der Waals surface area (Å²) < 4.78 is 27.3. The number of nitrogens with one attached hydrogen (secondary N) is 1. The van der Waals surface area contributed by atoms with Gasteiger partial charge in [-0.3, -0.25) is 9.78 Å². The fourth-order valence-electron chi connectivity index (χ4n) is 2.63. The van der Waals surface area contributed by atoms with Gasteiger partial charge < -0.3 is 10.5 Å². The quantitative estimate of drug-likeness (QED) is 0.507. The van der Waals surface area contributed by atoms with Crippen LogP contribution in [0.3, 0.4) is 0 Å². The molecule has 3 rings (SSSR count). The van der Waals surface area contributed by atoms with Crippen molar-refractivity contribution < 1.29 is 18.7 Å². The van der Waals surface area contributed by atoms with E-state index in [-0.39, 0.29) is 11.3 Å². The molecule has 0 bridgehead atoms. The van der Waals surface area contributed by atoms with Crippen LogP contribution >= 0.6 is 11.3 Å². The van der Waals surface area contributed by atoms with E-state index in [9.17, 15) is 18.7 Å². The van der Waals surface area contributed by atoms with E-state index >= 15 is 0 Å². The molecule has 0 spiro atoms. The number of halogens is 2. The lowest BCUT2D eigenvalue weighted by Crippen LogP contribution is -2.31. The van der Waals surface area contributed by atoms with Gasteiger partial charge in [-0.05, 0) is 40.6 Å². The van der Waals surface area contributed by atoms with Gasteiger partial charge in [0.1, 0.15) is 11.6 Å². The molecule has 0 amide bonds. The fourth-order valence-corrected chi connectivity index (χ4v) is 3.29. The molecule has 2 heterocycles. The molecule has 3 aromatic rings. The van der Waals surface area contributed by atoms with Gasteiger partial charge in [-0.1, -0.05) is 6.07 Å². The Hall–Kier alpha value is -2.77. The molecule has 0 aliphatic heterocycles. The number of pyridine rings is 1. The Morgan fingerprint density at radius 3 is 2.65 bits per heavy atom. The maximum absolute atomic E-state index is 14.1. The molecule has 0 fully saturated rings. The predicted molar refractivity (Wildman–Crippen MR) is 94.5 cm³/mol. The topological polar surface area (TPSA) is 74.0 Å². The average molecular weight is 372 g/mol. The lowest BCUT2D eigenvalue weighted by atomic mass is 9.83. The van der Waals surface area contributed by atoms with Crippen molar-refractivity contribution in [1.82, 2.24) is 4.98 Å². The van der Waals surface area contributed by atoms with Crippen molar-refractivity contribution in [3.63, 3.8) is 0 Å². The van der Waals surface area contributed by atoms with Gasteiger partial charge in [-0.15, -0.1) is 0 Å². The molecule has 1 aromatic carbocycles. The number of aliphatic hydroxyl groups is 1. The molecule has 7 heteroatoms. The zero-order chi connectivity index (χ0) is 18.7. The van der Waals surface area contributed by atoms with Gasteiger partial charge in [0.05, 0.1) is 23.3 Å². The number of rotatable bonds is 6. The van der Waals surface area contributed by atoms with Crippen molar-refractivity contribution in [1.29, 1.82) is 5.41 Å². The first kappa shape index (κ1) is 18.0. The monoisotopic (exact) mass is 372 g/mol. The van der Waals surface area contributed by atoms with Crippen LogP contribution in [0.15, 0.2) is 59.6 Å². The molecule has 2 N–H and O–H groups in total. The van der Waals surface area contributed by atoms with Crippen LogP contribution in [0, 0.1) is 23.0 Å². The lowest BCUT2D eigenvalue weighted by molar-refractivity contribution is 0.0789. The van der Waals surface area contributed by atoms with Crippen molar-refractivity contribution >= 4 is 22.8 Å². The van der Waals surface area contributed by atoms with Crippen molar-refractivity contribution in [2.75, 3.05) is 0 Å². The maximum atomic E-state index is 14.1. The summed E-state index contributed by atoms with van der Waals surface area (Å²) in [5.41, 5.74) is 0.266. The van der Waals surface area contributed by atoms with Crippen LogP contribution < -0.4 is 0 Å². The number of ketones is 1. The summed E-state index contributed by atoms with van der Waals surface area (Å²) in [6, 6.07) is 7.40. The molecule has 26 heavy (non-hydrogen) atoms. The number of carbonyl (C=O) groups is 1. The second kappa shape index (κ2) is 7.63. The molecule has 2 unspecified atom stereocenters. The SMILES string of the molecule is N=C(c1ccsc1)C(C(=O)c1ccc(F)cc1F)C(O)c1cccnc1. The first-order valence-corrected chi connectivity index (χ1v) is 8.61. The third kappa shape index (κ3) is 3.58.